The maximum Gasteiger partial charge on any atom is 0.408 e. The lowest BCUT2D eigenvalue weighted by atomic mass is 10.2. The topological polar surface area (TPSA) is 93.7 Å². The molecule has 8 heteroatoms. The smallest absolute Gasteiger partial charge is 0.408 e. The molecule has 0 unspecified atom stereocenters. The fraction of sp³-hybridized carbons (Fsp3) is 0.318. The van der Waals surface area contributed by atoms with Crippen molar-refractivity contribution in [3.63, 3.8) is 0 Å². The van der Waals surface area contributed by atoms with Crippen LogP contribution in [0.5, 0.6) is 0 Å². The largest absolute Gasteiger partial charge is 0.467 e. The average molecular weight is 431 g/mol. The van der Waals surface area contributed by atoms with Crippen LogP contribution >= 0.6 is 11.8 Å². The Bertz CT molecular complexity index is 817. The first-order chi connectivity index (χ1) is 14.5. The van der Waals surface area contributed by atoms with E-state index in [1.54, 1.807) is 0 Å². The van der Waals surface area contributed by atoms with Crippen molar-refractivity contribution in [1.82, 2.24) is 10.6 Å². The number of hydrogen-bond donors (Lipinski definition) is 2. The van der Waals surface area contributed by atoms with Gasteiger partial charge in [-0.05, 0) is 18.1 Å². The Morgan fingerprint density at radius 3 is 2.13 bits per heavy atom. The van der Waals surface area contributed by atoms with E-state index in [0.29, 0.717) is 11.5 Å². The van der Waals surface area contributed by atoms with Crippen LogP contribution in [0.4, 0.5) is 4.79 Å². The summed E-state index contributed by atoms with van der Waals surface area (Å²) in [5.41, 5.74) is 1.96. The molecule has 0 aliphatic heterocycles. The number of alkyl carbamates (subject to hydrolysis) is 1. The number of methoxy groups -OCH3 is 1. The minimum Gasteiger partial charge on any atom is -0.467 e. The van der Waals surface area contributed by atoms with Gasteiger partial charge in [0.2, 0.25) is 5.91 Å². The minimum absolute atomic E-state index is 0.0991. The van der Waals surface area contributed by atoms with Crippen LogP contribution in [0.15, 0.2) is 60.7 Å². The molecule has 0 aliphatic carbocycles. The Labute approximate surface area is 180 Å². The molecule has 0 saturated carbocycles. The molecular formula is C22H26N2O5S. The molecule has 7 nitrogen and oxygen atoms in total. The average Bonchev–Trinajstić information content (AvgIpc) is 2.77. The van der Waals surface area contributed by atoms with Crippen LogP contribution in [0.3, 0.4) is 0 Å². The molecular weight excluding hydrogens is 404 g/mol. The zero-order valence-corrected chi connectivity index (χ0v) is 17.8. The highest BCUT2D eigenvalue weighted by atomic mass is 32.2. The number of ether oxygens (including phenoxy) is 2. The molecule has 0 saturated heterocycles. The molecule has 30 heavy (non-hydrogen) atoms. The minimum atomic E-state index is -0.875. The van der Waals surface area contributed by atoms with Crippen LogP contribution in [0.25, 0.3) is 0 Å². The second-order valence-corrected chi connectivity index (χ2v) is 7.54. The summed E-state index contributed by atoms with van der Waals surface area (Å²) in [6, 6.07) is 17.3. The van der Waals surface area contributed by atoms with E-state index in [4.69, 9.17) is 9.47 Å². The third kappa shape index (κ3) is 8.16. The molecule has 2 amide bonds. The van der Waals surface area contributed by atoms with Crippen LogP contribution in [-0.2, 0) is 31.4 Å². The Morgan fingerprint density at radius 1 is 0.933 bits per heavy atom. The van der Waals surface area contributed by atoms with E-state index in [9.17, 15) is 14.4 Å². The molecule has 0 fully saturated rings. The van der Waals surface area contributed by atoms with Gasteiger partial charge in [-0.3, -0.25) is 4.79 Å². The van der Waals surface area contributed by atoms with Crippen molar-refractivity contribution in [2.75, 3.05) is 12.9 Å². The molecule has 0 aliphatic rings. The van der Waals surface area contributed by atoms with Gasteiger partial charge in [0.15, 0.2) is 0 Å². The molecule has 2 rings (SSSR count). The van der Waals surface area contributed by atoms with E-state index in [1.807, 2.05) is 60.7 Å². The molecule has 2 aromatic rings. The summed E-state index contributed by atoms with van der Waals surface area (Å²) in [5.74, 6) is 0.00704. The zero-order chi connectivity index (χ0) is 21.8. The molecule has 2 aromatic carbocycles. The number of carbonyl (C=O) groups is 3. The SMILES string of the molecule is COC(=O)[C@@H](CSCc1ccccc1)NC(=O)[C@@H](C)NC(=O)OCc1ccccc1. The standard InChI is InChI=1S/C22H26N2O5S/c1-16(23-22(27)29-13-17-9-5-3-6-10-17)20(25)24-19(21(26)28-2)15-30-14-18-11-7-4-8-12-18/h3-12,16,19H,13-15H2,1-2H3,(H,23,27)(H,24,25)/t16-,19-/m1/s1. The van der Waals surface area contributed by atoms with Gasteiger partial charge in [0.1, 0.15) is 18.7 Å². The van der Waals surface area contributed by atoms with Gasteiger partial charge in [0.25, 0.3) is 0 Å². The van der Waals surface area contributed by atoms with Crippen molar-refractivity contribution < 1.29 is 23.9 Å². The number of rotatable bonds is 10. The number of nitrogens with one attached hydrogen (secondary N) is 2. The molecule has 2 N–H and O–H groups in total. The summed E-state index contributed by atoms with van der Waals surface area (Å²) in [5, 5.41) is 5.09. The summed E-state index contributed by atoms with van der Waals surface area (Å²) in [6.07, 6.45) is -0.713. The Balaban J connectivity index is 1.79. The lowest BCUT2D eigenvalue weighted by Crippen LogP contribution is -2.51. The van der Waals surface area contributed by atoms with Crippen molar-refractivity contribution in [3.8, 4) is 0 Å². The van der Waals surface area contributed by atoms with Crippen LogP contribution in [0.2, 0.25) is 0 Å². The second-order valence-electron chi connectivity index (χ2n) is 6.51. The molecule has 2 atom stereocenters. The second kappa shape index (κ2) is 12.5. The first-order valence-corrected chi connectivity index (χ1v) is 10.6. The number of hydrogen-bond acceptors (Lipinski definition) is 6. The van der Waals surface area contributed by atoms with Gasteiger partial charge in [-0.1, -0.05) is 60.7 Å². The molecule has 0 heterocycles. The predicted molar refractivity (Wildman–Crippen MR) is 116 cm³/mol. The number of thioether (sulfide) groups is 1. The van der Waals surface area contributed by atoms with Crippen LogP contribution in [0, 0.1) is 0 Å². The summed E-state index contributed by atoms with van der Waals surface area (Å²) >= 11 is 1.50. The quantitative estimate of drug-likeness (QED) is 0.563. The number of esters is 1. The first kappa shape index (κ1) is 23.3. The summed E-state index contributed by atoms with van der Waals surface area (Å²) < 4.78 is 9.90. The number of benzene rings is 2. The molecule has 0 radical (unpaired) electrons. The van der Waals surface area contributed by atoms with Crippen molar-refractivity contribution in [3.05, 3.63) is 71.8 Å². The Hall–Kier alpha value is -3.00. The van der Waals surface area contributed by atoms with E-state index >= 15 is 0 Å². The van der Waals surface area contributed by atoms with Gasteiger partial charge >= 0.3 is 12.1 Å². The Morgan fingerprint density at radius 2 is 1.53 bits per heavy atom. The zero-order valence-electron chi connectivity index (χ0n) is 17.0. The highest BCUT2D eigenvalue weighted by molar-refractivity contribution is 7.98. The van der Waals surface area contributed by atoms with Gasteiger partial charge < -0.3 is 20.1 Å². The third-order valence-corrected chi connectivity index (χ3v) is 5.25. The molecule has 160 valence electrons. The van der Waals surface area contributed by atoms with Gasteiger partial charge in [-0.2, -0.15) is 11.8 Å². The van der Waals surface area contributed by atoms with Crippen LogP contribution in [-0.4, -0.2) is 42.9 Å². The Kier molecular flexibility index (Phi) is 9.73. The maximum absolute atomic E-state index is 12.4. The van der Waals surface area contributed by atoms with Gasteiger partial charge in [0, 0.05) is 11.5 Å². The van der Waals surface area contributed by atoms with Crippen molar-refractivity contribution >= 4 is 29.7 Å². The van der Waals surface area contributed by atoms with E-state index < -0.39 is 30.1 Å². The highest BCUT2D eigenvalue weighted by Gasteiger charge is 2.25. The van der Waals surface area contributed by atoms with Crippen LogP contribution in [0.1, 0.15) is 18.1 Å². The summed E-state index contributed by atoms with van der Waals surface area (Å²) in [6.45, 7) is 1.62. The van der Waals surface area contributed by atoms with Crippen molar-refractivity contribution in [2.45, 2.75) is 31.4 Å². The van der Waals surface area contributed by atoms with Gasteiger partial charge in [0.05, 0.1) is 7.11 Å². The van der Waals surface area contributed by atoms with E-state index in [2.05, 4.69) is 10.6 Å². The first-order valence-electron chi connectivity index (χ1n) is 9.46. The monoisotopic (exact) mass is 430 g/mol. The summed E-state index contributed by atoms with van der Waals surface area (Å²) in [4.78, 5) is 36.4. The van der Waals surface area contributed by atoms with E-state index in [-0.39, 0.29) is 6.61 Å². The van der Waals surface area contributed by atoms with Crippen LogP contribution < -0.4 is 10.6 Å². The van der Waals surface area contributed by atoms with Crippen molar-refractivity contribution in [1.29, 1.82) is 0 Å². The molecule has 0 spiro atoms. The van der Waals surface area contributed by atoms with Gasteiger partial charge in [-0.25, -0.2) is 9.59 Å². The molecule has 0 aromatic heterocycles. The third-order valence-electron chi connectivity index (χ3n) is 4.14. The highest BCUT2D eigenvalue weighted by Crippen LogP contribution is 2.13. The molecule has 0 bridgehead atoms. The van der Waals surface area contributed by atoms with Crippen molar-refractivity contribution in [2.24, 2.45) is 0 Å². The lowest BCUT2D eigenvalue weighted by Gasteiger charge is -2.19. The fourth-order valence-electron chi connectivity index (χ4n) is 2.48. The van der Waals surface area contributed by atoms with E-state index in [0.717, 1.165) is 11.1 Å². The predicted octanol–water partition coefficient (Wildman–Crippen LogP) is 2.89. The maximum atomic E-state index is 12.4. The van der Waals surface area contributed by atoms with E-state index in [1.165, 1.54) is 25.8 Å². The number of carbonyl (C=O) groups excluding carboxylic acids is 3. The number of amides is 2. The van der Waals surface area contributed by atoms with Gasteiger partial charge in [-0.15, -0.1) is 0 Å². The fourth-order valence-corrected chi connectivity index (χ4v) is 3.48. The summed E-state index contributed by atoms with van der Waals surface area (Å²) in [7, 11) is 1.27. The normalized spacial score (nSPS) is 12.3. The lowest BCUT2D eigenvalue weighted by molar-refractivity contribution is -0.144.